The SMILES string of the molecule is O=C(NC1CCCCC1)c1cnn2c(-c3cccnc3)ccnc12. The Morgan fingerprint density at radius 2 is 2.00 bits per heavy atom. The fraction of sp³-hybridized carbons (Fsp3) is 0.333. The number of fused-ring (bicyclic) bond motifs is 1. The van der Waals surface area contributed by atoms with Gasteiger partial charge in [0.15, 0.2) is 5.65 Å². The minimum absolute atomic E-state index is 0.0901. The molecule has 1 aliphatic rings. The smallest absolute Gasteiger partial charge is 0.256 e. The van der Waals surface area contributed by atoms with Crippen molar-refractivity contribution < 1.29 is 4.79 Å². The van der Waals surface area contributed by atoms with Crippen molar-refractivity contribution >= 4 is 11.6 Å². The molecule has 0 aliphatic heterocycles. The summed E-state index contributed by atoms with van der Waals surface area (Å²) in [5.74, 6) is -0.0901. The zero-order valence-corrected chi connectivity index (χ0v) is 13.4. The first kappa shape index (κ1) is 14.8. The zero-order chi connectivity index (χ0) is 16.4. The Morgan fingerprint density at radius 1 is 1.12 bits per heavy atom. The van der Waals surface area contributed by atoms with E-state index < -0.39 is 0 Å². The minimum atomic E-state index is -0.0901. The molecule has 24 heavy (non-hydrogen) atoms. The number of hydrogen-bond donors (Lipinski definition) is 1. The van der Waals surface area contributed by atoms with Crippen LogP contribution in [-0.2, 0) is 0 Å². The van der Waals surface area contributed by atoms with E-state index in [1.54, 1.807) is 29.3 Å². The summed E-state index contributed by atoms with van der Waals surface area (Å²) in [7, 11) is 0. The van der Waals surface area contributed by atoms with Gasteiger partial charge in [-0.3, -0.25) is 9.78 Å². The zero-order valence-electron chi connectivity index (χ0n) is 13.4. The van der Waals surface area contributed by atoms with Gasteiger partial charge in [0, 0.05) is 30.2 Å². The van der Waals surface area contributed by atoms with Crippen LogP contribution in [0.3, 0.4) is 0 Å². The van der Waals surface area contributed by atoms with Crippen LogP contribution in [0.1, 0.15) is 42.5 Å². The lowest BCUT2D eigenvalue weighted by Crippen LogP contribution is -2.36. The van der Waals surface area contributed by atoms with E-state index in [0.717, 1.165) is 24.1 Å². The van der Waals surface area contributed by atoms with E-state index in [9.17, 15) is 4.79 Å². The number of nitrogens with zero attached hydrogens (tertiary/aromatic N) is 4. The van der Waals surface area contributed by atoms with Crippen molar-refractivity contribution in [2.45, 2.75) is 38.1 Å². The normalized spacial score (nSPS) is 15.5. The summed E-state index contributed by atoms with van der Waals surface area (Å²) in [6.07, 6.45) is 12.5. The third-order valence-corrected chi connectivity index (χ3v) is 4.54. The van der Waals surface area contributed by atoms with Crippen LogP contribution < -0.4 is 5.32 Å². The number of pyridine rings is 1. The van der Waals surface area contributed by atoms with Gasteiger partial charge in [0.25, 0.3) is 5.91 Å². The van der Waals surface area contributed by atoms with Crippen molar-refractivity contribution in [3.8, 4) is 11.3 Å². The maximum atomic E-state index is 12.6. The first-order valence-corrected chi connectivity index (χ1v) is 8.37. The van der Waals surface area contributed by atoms with Crippen LogP contribution in [0.15, 0.2) is 43.0 Å². The fourth-order valence-electron chi connectivity index (χ4n) is 3.29. The van der Waals surface area contributed by atoms with Crippen LogP contribution in [-0.4, -0.2) is 31.5 Å². The van der Waals surface area contributed by atoms with Crippen molar-refractivity contribution in [3.05, 3.63) is 48.5 Å². The summed E-state index contributed by atoms with van der Waals surface area (Å²) >= 11 is 0. The van der Waals surface area contributed by atoms with E-state index in [1.807, 2.05) is 18.2 Å². The largest absolute Gasteiger partial charge is 0.349 e. The molecule has 6 heteroatoms. The van der Waals surface area contributed by atoms with Crippen molar-refractivity contribution in [2.24, 2.45) is 0 Å². The van der Waals surface area contributed by atoms with E-state index in [-0.39, 0.29) is 11.9 Å². The molecule has 0 unspecified atom stereocenters. The molecule has 0 radical (unpaired) electrons. The van der Waals surface area contributed by atoms with E-state index in [2.05, 4.69) is 20.4 Å². The molecule has 1 N–H and O–H groups in total. The van der Waals surface area contributed by atoms with Crippen molar-refractivity contribution in [1.82, 2.24) is 24.9 Å². The molecular formula is C18H19N5O. The second-order valence-electron chi connectivity index (χ2n) is 6.17. The van der Waals surface area contributed by atoms with Crippen LogP contribution in [0.4, 0.5) is 0 Å². The highest BCUT2D eigenvalue weighted by Crippen LogP contribution is 2.21. The lowest BCUT2D eigenvalue weighted by molar-refractivity contribution is 0.0929. The Hall–Kier alpha value is -2.76. The van der Waals surface area contributed by atoms with Gasteiger partial charge in [-0.15, -0.1) is 0 Å². The summed E-state index contributed by atoms with van der Waals surface area (Å²) in [5, 5.41) is 7.50. The second-order valence-corrected chi connectivity index (χ2v) is 6.17. The van der Waals surface area contributed by atoms with Crippen LogP contribution in [0, 0.1) is 0 Å². The predicted octanol–water partition coefficient (Wildman–Crippen LogP) is 2.85. The van der Waals surface area contributed by atoms with Crippen molar-refractivity contribution in [1.29, 1.82) is 0 Å². The summed E-state index contributed by atoms with van der Waals surface area (Å²) in [6.45, 7) is 0. The molecule has 122 valence electrons. The van der Waals surface area contributed by atoms with Gasteiger partial charge in [-0.25, -0.2) is 9.50 Å². The molecule has 3 aromatic rings. The fourth-order valence-corrected chi connectivity index (χ4v) is 3.29. The van der Waals surface area contributed by atoms with Gasteiger partial charge < -0.3 is 5.32 Å². The van der Waals surface area contributed by atoms with Gasteiger partial charge in [0.2, 0.25) is 0 Å². The molecule has 3 aromatic heterocycles. The topological polar surface area (TPSA) is 72.2 Å². The van der Waals surface area contributed by atoms with E-state index in [1.165, 1.54) is 19.3 Å². The third-order valence-electron chi connectivity index (χ3n) is 4.54. The molecule has 3 heterocycles. The number of amides is 1. The Balaban J connectivity index is 1.66. The van der Waals surface area contributed by atoms with E-state index in [4.69, 9.17) is 0 Å². The Kier molecular flexibility index (Phi) is 3.94. The molecular weight excluding hydrogens is 302 g/mol. The number of carbonyl (C=O) groups is 1. The molecule has 1 aliphatic carbocycles. The summed E-state index contributed by atoms with van der Waals surface area (Å²) < 4.78 is 1.70. The molecule has 1 saturated carbocycles. The molecule has 6 nitrogen and oxygen atoms in total. The van der Waals surface area contributed by atoms with Crippen molar-refractivity contribution in [3.63, 3.8) is 0 Å². The van der Waals surface area contributed by atoms with Crippen LogP contribution >= 0.6 is 0 Å². The highest BCUT2D eigenvalue weighted by molar-refractivity contribution is 6.00. The highest BCUT2D eigenvalue weighted by atomic mass is 16.1. The van der Waals surface area contributed by atoms with Crippen LogP contribution in [0.2, 0.25) is 0 Å². The molecule has 0 aromatic carbocycles. The van der Waals surface area contributed by atoms with Crippen LogP contribution in [0.25, 0.3) is 16.9 Å². The van der Waals surface area contributed by atoms with Gasteiger partial charge in [0.1, 0.15) is 5.56 Å². The first-order valence-electron chi connectivity index (χ1n) is 8.37. The Morgan fingerprint density at radius 3 is 2.79 bits per heavy atom. The maximum Gasteiger partial charge on any atom is 0.256 e. The minimum Gasteiger partial charge on any atom is -0.349 e. The number of rotatable bonds is 3. The molecule has 1 fully saturated rings. The quantitative estimate of drug-likeness (QED) is 0.805. The Labute approximate surface area is 139 Å². The number of hydrogen-bond acceptors (Lipinski definition) is 4. The third kappa shape index (κ3) is 2.75. The van der Waals surface area contributed by atoms with Gasteiger partial charge in [-0.05, 0) is 31.0 Å². The number of aromatic nitrogens is 4. The summed E-state index contributed by atoms with van der Waals surface area (Å²) in [5.41, 5.74) is 2.90. The average molecular weight is 321 g/mol. The molecule has 0 saturated heterocycles. The summed E-state index contributed by atoms with van der Waals surface area (Å²) in [4.78, 5) is 21.1. The van der Waals surface area contributed by atoms with Gasteiger partial charge in [0.05, 0.1) is 11.9 Å². The van der Waals surface area contributed by atoms with Gasteiger partial charge >= 0.3 is 0 Å². The van der Waals surface area contributed by atoms with E-state index >= 15 is 0 Å². The number of nitrogens with one attached hydrogen (secondary N) is 1. The lowest BCUT2D eigenvalue weighted by Gasteiger charge is -2.22. The second kappa shape index (κ2) is 6.39. The Bertz CT molecular complexity index is 852. The van der Waals surface area contributed by atoms with Crippen LogP contribution in [0.5, 0.6) is 0 Å². The lowest BCUT2D eigenvalue weighted by atomic mass is 9.95. The summed E-state index contributed by atoms with van der Waals surface area (Å²) in [6, 6.07) is 5.98. The molecule has 0 spiro atoms. The average Bonchev–Trinajstić information content (AvgIpc) is 3.07. The molecule has 1 amide bonds. The standard InChI is InChI=1S/C18H19N5O/c24-18(22-14-6-2-1-3-7-14)15-12-21-23-16(8-10-20-17(15)23)13-5-4-9-19-11-13/h4-5,8-12,14H,1-3,6-7H2,(H,22,24). The molecule has 0 atom stereocenters. The van der Waals surface area contributed by atoms with Gasteiger partial charge in [-0.1, -0.05) is 19.3 Å². The highest BCUT2D eigenvalue weighted by Gasteiger charge is 2.20. The van der Waals surface area contributed by atoms with E-state index in [0.29, 0.717) is 11.2 Å². The van der Waals surface area contributed by atoms with Gasteiger partial charge in [-0.2, -0.15) is 5.10 Å². The predicted molar refractivity (Wildman–Crippen MR) is 90.6 cm³/mol. The molecule has 0 bridgehead atoms. The number of carbonyl (C=O) groups excluding carboxylic acids is 1. The first-order chi connectivity index (χ1) is 11.8. The monoisotopic (exact) mass is 321 g/mol. The van der Waals surface area contributed by atoms with Crippen molar-refractivity contribution in [2.75, 3.05) is 0 Å². The molecule has 4 rings (SSSR count). The maximum absolute atomic E-state index is 12.6.